The van der Waals surface area contributed by atoms with Crippen molar-refractivity contribution in [3.63, 3.8) is 0 Å². The van der Waals surface area contributed by atoms with E-state index in [0.29, 0.717) is 29.7 Å². The molecule has 156 valence electrons. The highest BCUT2D eigenvalue weighted by atomic mass is 32.2. The summed E-state index contributed by atoms with van der Waals surface area (Å²) in [6.07, 6.45) is 0.798. The number of nitrogens with zero attached hydrogens (tertiary/aromatic N) is 1. The molecule has 11 heteroatoms. The van der Waals surface area contributed by atoms with Crippen LogP contribution in [0.1, 0.15) is 24.5 Å². The van der Waals surface area contributed by atoms with E-state index in [4.69, 9.17) is 0 Å². The number of para-hydroxylation sites is 1. The zero-order valence-electron chi connectivity index (χ0n) is 15.6. The van der Waals surface area contributed by atoms with Crippen molar-refractivity contribution >= 4 is 37.5 Å². The van der Waals surface area contributed by atoms with Crippen LogP contribution in [0.2, 0.25) is 0 Å². The minimum Gasteiger partial charge on any atom is -0.506 e. The number of sulfonamides is 1. The predicted molar refractivity (Wildman–Crippen MR) is 109 cm³/mol. The predicted octanol–water partition coefficient (Wildman–Crippen LogP) is 1.32. The molecule has 1 fully saturated rings. The van der Waals surface area contributed by atoms with Crippen molar-refractivity contribution in [1.29, 1.82) is 0 Å². The number of carbonyl (C=O) groups is 1. The fourth-order valence-electron chi connectivity index (χ4n) is 3.03. The topological polar surface area (TPSA) is 133 Å². The number of carbonyl (C=O) groups excluding carboxylic acids is 1. The largest absolute Gasteiger partial charge is 0.506 e. The second kappa shape index (κ2) is 7.91. The molecular formula is C18H21N3O6S2. The van der Waals surface area contributed by atoms with E-state index >= 15 is 0 Å². The zero-order chi connectivity index (χ0) is 21.2. The van der Waals surface area contributed by atoms with Crippen LogP contribution in [0, 0.1) is 0 Å². The summed E-state index contributed by atoms with van der Waals surface area (Å²) in [5, 5.41) is 10.3. The molecule has 0 bridgehead atoms. The minimum absolute atomic E-state index is 0.00782. The van der Waals surface area contributed by atoms with Gasteiger partial charge >= 0.3 is 10.2 Å². The van der Waals surface area contributed by atoms with Gasteiger partial charge in [0, 0.05) is 0 Å². The Bertz CT molecular complexity index is 1150. The molecule has 0 aromatic heterocycles. The summed E-state index contributed by atoms with van der Waals surface area (Å²) in [7, 11) is -7.47. The second-order valence-electron chi connectivity index (χ2n) is 6.61. The molecule has 1 amide bonds. The lowest BCUT2D eigenvalue weighted by Crippen LogP contribution is -2.29. The van der Waals surface area contributed by atoms with Crippen LogP contribution in [-0.2, 0) is 31.4 Å². The Morgan fingerprint density at radius 3 is 2.55 bits per heavy atom. The number of phenolic OH excluding ortho intramolecular Hbond substituents is 1. The maximum atomic E-state index is 12.1. The number of hydrogen-bond donors (Lipinski definition) is 3. The summed E-state index contributed by atoms with van der Waals surface area (Å²) < 4.78 is 53.3. The van der Waals surface area contributed by atoms with E-state index < -0.39 is 32.7 Å². The van der Waals surface area contributed by atoms with Gasteiger partial charge < -0.3 is 5.11 Å². The van der Waals surface area contributed by atoms with Crippen LogP contribution >= 0.6 is 0 Å². The Morgan fingerprint density at radius 1 is 1.21 bits per heavy atom. The highest BCUT2D eigenvalue weighted by Gasteiger charge is 2.35. The number of nitrogens with one attached hydrogen (secondary N) is 2. The molecule has 0 unspecified atom stereocenters. The highest BCUT2D eigenvalue weighted by molar-refractivity contribution is 7.92. The maximum absolute atomic E-state index is 12.1. The first kappa shape index (κ1) is 20.9. The molecule has 0 saturated carbocycles. The molecule has 1 aliphatic rings. The third kappa shape index (κ3) is 4.80. The first-order valence-electron chi connectivity index (χ1n) is 8.85. The Balaban J connectivity index is 1.86. The van der Waals surface area contributed by atoms with Crippen LogP contribution < -0.4 is 13.7 Å². The summed E-state index contributed by atoms with van der Waals surface area (Å²) in [6.45, 7) is 1.37. The third-order valence-electron chi connectivity index (χ3n) is 4.28. The quantitative estimate of drug-likeness (QED) is 0.596. The van der Waals surface area contributed by atoms with Crippen LogP contribution in [0.4, 0.5) is 11.4 Å². The second-order valence-corrected chi connectivity index (χ2v) is 10.1. The van der Waals surface area contributed by atoms with E-state index in [1.54, 1.807) is 37.3 Å². The molecule has 0 radical (unpaired) electrons. The molecule has 2 aromatic carbocycles. The van der Waals surface area contributed by atoms with Crippen molar-refractivity contribution < 1.29 is 26.7 Å². The van der Waals surface area contributed by atoms with Crippen LogP contribution in [0.3, 0.4) is 0 Å². The molecule has 0 spiro atoms. The van der Waals surface area contributed by atoms with Crippen LogP contribution in [0.15, 0.2) is 42.5 Å². The summed E-state index contributed by atoms with van der Waals surface area (Å²) in [5.41, 5.74) is 1.78. The average molecular weight is 440 g/mol. The Labute approximate surface area is 169 Å². The van der Waals surface area contributed by atoms with Gasteiger partial charge in [0.2, 0.25) is 10.0 Å². The van der Waals surface area contributed by atoms with Crippen molar-refractivity contribution in [2.24, 2.45) is 0 Å². The number of amides is 1. The van der Waals surface area contributed by atoms with Crippen molar-refractivity contribution in [3.05, 3.63) is 53.6 Å². The van der Waals surface area contributed by atoms with Crippen LogP contribution in [0.5, 0.6) is 5.75 Å². The number of benzene rings is 2. The average Bonchev–Trinajstić information content (AvgIpc) is 2.88. The molecule has 1 heterocycles. The van der Waals surface area contributed by atoms with Crippen molar-refractivity contribution in [3.8, 4) is 5.75 Å². The van der Waals surface area contributed by atoms with Crippen molar-refractivity contribution in [2.75, 3.05) is 21.3 Å². The number of aromatic hydroxyl groups is 1. The summed E-state index contributed by atoms with van der Waals surface area (Å²) >= 11 is 0. The smallest absolute Gasteiger partial charge is 0.326 e. The first-order chi connectivity index (χ1) is 13.6. The zero-order valence-corrected chi connectivity index (χ0v) is 17.3. The van der Waals surface area contributed by atoms with Gasteiger partial charge in [-0.2, -0.15) is 8.42 Å². The summed E-state index contributed by atoms with van der Waals surface area (Å²) in [4.78, 5) is 11.4. The lowest BCUT2D eigenvalue weighted by atomic mass is 10.0. The van der Waals surface area contributed by atoms with Gasteiger partial charge in [-0.3, -0.25) is 9.52 Å². The van der Waals surface area contributed by atoms with Gasteiger partial charge in [-0.05, 0) is 42.2 Å². The van der Waals surface area contributed by atoms with Crippen LogP contribution in [-0.4, -0.2) is 40.1 Å². The van der Waals surface area contributed by atoms with Gasteiger partial charge in [-0.25, -0.2) is 17.4 Å². The normalized spacial score (nSPS) is 15.9. The van der Waals surface area contributed by atoms with Crippen LogP contribution in [0.25, 0.3) is 0 Å². The monoisotopic (exact) mass is 439 g/mol. The van der Waals surface area contributed by atoms with E-state index in [1.165, 1.54) is 12.1 Å². The lowest BCUT2D eigenvalue weighted by molar-refractivity contribution is -0.117. The summed E-state index contributed by atoms with van der Waals surface area (Å²) in [5.74, 6) is -0.971. The molecular weight excluding hydrogens is 418 g/mol. The van der Waals surface area contributed by atoms with E-state index in [2.05, 4.69) is 4.72 Å². The number of rotatable bonds is 7. The molecule has 1 saturated heterocycles. The maximum Gasteiger partial charge on any atom is 0.326 e. The summed E-state index contributed by atoms with van der Waals surface area (Å²) in [6, 6.07) is 11.3. The van der Waals surface area contributed by atoms with E-state index in [9.17, 15) is 26.7 Å². The Hall–Kier alpha value is -2.79. The Kier molecular flexibility index (Phi) is 5.71. The van der Waals surface area contributed by atoms with Crippen molar-refractivity contribution in [1.82, 2.24) is 4.72 Å². The minimum atomic E-state index is -4.02. The van der Waals surface area contributed by atoms with Gasteiger partial charge in [0.05, 0.1) is 17.1 Å². The van der Waals surface area contributed by atoms with Gasteiger partial charge in [-0.1, -0.05) is 31.2 Å². The number of phenols is 1. The molecule has 9 nitrogen and oxygen atoms in total. The molecule has 3 rings (SSSR count). The van der Waals surface area contributed by atoms with Crippen molar-refractivity contribution in [2.45, 2.75) is 19.8 Å². The number of hydrogen-bond acceptors (Lipinski definition) is 6. The van der Waals surface area contributed by atoms with E-state index in [-0.39, 0.29) is 17.2 Å². The lowest BCUT2D eigenvalue weighted by Gasteiger charge is -2.17. The fraction of sp³-hybridized carbons (Fsp3) is 0.278. The molecule has 1 aliphatic heterocycles. The van der Waals surface area contributed by atoms with Gasteiger partial charge in [0.1, 0.15) is 12.3 Å². The molecule has 29 heavy (non-hydrogen) atoms. The van der Waals surface area contributed by atoms with E-state index in [0.717, 1.165) is 4.31 Å². The molecule has 2 aromatic rings. The highest BCUT2D eigenvalue weighted by Crippen LogP contribution is 2.32. The molecule has 3 N–H and O–H groups in total. The Morgan fingerprint density at radius 2 is 1.93 bits per heavy atom. The van der Waals surface area contributed by atoms with E-state index in [1.807, 2.05) is 4.72 Å². The third-order valence-corrected chi connectivity index (χ3v) is 7.15. The fourth-order valence-corrected chi connectivity index (χ4v) is 5.37. The van der Waals surface area contributed by atoms with Gasteiger partial charge in [-0.15, -0.1) is 0 Å². The number of anilines is 2. The SMILES string of the molecule is CCCS(=O)(=O)Nc1ccccc1Cc1ccc(N2CC(=O)NS2(=O)=O)c(O)c1. The molecule has 0 aliphatic carbocycles. The standard InChI is InChI=1S/C18H21N3O6S2/c1-2-9-28(24,25)19-15-6-4-3-5-14(15)10-13-7-8-16(17(22)11-13)21-12-18(23)20-29(21,26)27/h3-8,11,19,22H,2,9-10,12H2,1H3,(H,20,23). The van der Waals surface area contributed by atoms with Gasteiger partial charge in [0.25, 0.3) is 5.91 Å². The molecule has 0 atom stereocenters. The van der Waals surface area contributed by atoms with Gasteiger partial charge in [0.15, 0.2) is 0 Å². The first-order valence-corrected chi connectivity index (χ1v) is 11.9.